The Hall–Kier alpha value is -1.45. The maximum Gasteiger partial charge on any atom is 0.0704 e. The maximum atomic E-state index is 9.24. The standard InChI is InChI=1S/C12H14N2O/c13-7-9(8-15)10-5-6-14-12-4-2-1-3-11(10)12/h1-6,9,15H,7-8,13H2. The van der Waals surface area contributed by atoms with E-state index in [1.54, 1.807) is 6.20 Å². The Bertz CT molecular complexity index is 447. The summed E-state index contributed by atoms with van der Waals surface area (Å²) >= 11 is 0. The maximum absolute atomic E-state index is 9.24. The number of pyridine rings is 1. The smallest absolute Gasteiger partial charge is 0.0704 e. The molecular formula is C12H14N2O. The van der Waals surface area contributed by atoms with Gasteiger partial charge in [0.1, 0.15) is 0 Å². The second kappa shape index (κ2) is 4.38. The minimum absolute atomic E-state index is 0.00194. The zero-order valence-electron chi connectivity index (χ0n) is 8.43. The molecule has 0 spiro atoms. The number of para-hydroxylation sites is 1. The number of aliphatic hydroxyl groups excluding tert-OH is 1. The number of fused-ring (bicyclic) bond motifs is 1. The molecule has 3 heteroatoms. The number of benzene rings is 1. The second-order valence-corrected chi connectivity index (χ2v) is 3.53. The minimum Gasteiger partial charge on any atom is -0.396 e. The lowest BCUT2D eigenvalue weighted by atomic mass is 9.96. The van der Waals surface area contributed by atoms with Crippen LogP contribution in [0, 0.1) is 0 Å². The van der Waals surface area contributed by atoms with Crippen LogP contribution in [0.1, 0.15) is 11.5 Å². The Labute approximate surface area is 88.6 Å². The van der Waals surface area contributed by atoms with Gasteiger partial charge in [-0.25, -0.2) is 0 Å². The van der Waals surface area contributed by atoms with Crippen molar-refractivity contribution < 1.29 is 5.11 Å². The van der Waals surface area contributed by atoms with E-state index in [1.165, 1.54) is 0 Å². The molecule has 0 fully saturated rings. The fourth-order valence-electron chi connectivity index (χ4n) is 1.77. The summed E-state index contributed by atoms with van der Waals surface area (Å²) in [6.45, 7) is 0.523. The van der Waals surface area contributed by atoms with E-state index < -0.39 is 0 Å². The summed E-state index contributed by atoms with van der Waals surface area (Å²) in [7, 11) is 0. The van der Waals surface area contributed by atoms with Crippen LogP contribution in [-0.4, -0.2) is 23.2 Å². The van der Waals surface area contributed by atoms with Gasteiger partial charge in [0.05, 0.1) is 12.1 Å². The first kappa shape index (κ1) is 10.1. The van der Waals surface area contributed by atoms with Crippen LogP contribution in [0.3, 0.4) is 0 Å². The normalized spacial score (nSPS) is 12.9. The Balaban J connectivity index is 2.59. The summed E-state index contributed by atoms with van der Waals surface area (Å²) in [4.78, 5) is 4.27. The number of nitrogens with zero attached hydrogens (tertiary/aromatic N) is 1. The molecule has 0 amide bonds. The number of aromatic nitrogens is 1. The van der Waals surface area contributed by atoms with E-state index in [9.17, 15) is 5.11 Å². The van der Waals surface area contributed by atoms with E-state index in [1.807, 2.05) is 30.3 Å². The van der Waals surface area contributed by atoms with Crippen LogP contribution < -0.4 is 5.73 Å². The third kappa shape index (κ3) is 1.84. The van der Waals surface area contributed by atoms with Crippen LogP contribution in [-0.2, 0) is 0 Å². The topological polar surface area (TPSA) is 59.1 Å². The molecule has 0 bridgehead atoms. The molecule has 0 aliphatic rings. The van der Waals surface area contributed by atoms with Gasteiger partial charge >= 0.3 is 0 Å². The van der Waals surface area contributed by atoms with Gasteiger partial charge in [-0.1, -0.05) is 18.2 Å². The van der Waals surface area contributed by atoms with Crippen molar-refractivity contribution in [2.24, 2.45) is 5.73 Å². The highest BCUT2D eigenvalue weighted by molar-refractivity contribution is 5.82. The number of hydrogen-bond donors (Lipinski definition) is 2. The zero-order valence-corrected chi connectivity index (χ0v) is 8.43. The van der Waals surface area contributed by atoms with E-state index in [2.05, 4.69) is 4.98 Å². The number of nitrogens with two attached hydrogens (primary N) is 1. The summed E-state index contributed by atoms with van der Waals surface area (Å²) in [6.07, 6.45) is 1.76. The SMILES string of the molecule is NCC(CO)c1ccnc2ccccc12. The van der Waals surface area contributed by atoms with Crippen molar-refractivity contribution in [1.82, 2.24) is 4.98 Å². The molecule has 1 heterocycles. The number of hydrogen-bond acceptors (Lipinski definition) is 3. The zero-order chi connectivity index (χ0) is 10.7. The molecule has 2 rings (SSSR count). The molecule has 0 saturated heterocycles. The lowest BCUT2D eigenvalue weighted by Gasteiger charge is -2.13. The molecule has 3 nitrogen and oxygen atoms in total. The molecule has 0 aliphatic heterocycles. The lowest BCUT2D eigenvalue weighted by molar-refractivity contribution is 0.268. The number of rotatable bonds is 3. The molecule has 15 heavy (non-hydrogen) atoms. The third-order valence-corrected chi connectivity index (χ3v) is 2.63. The highest BCUT2D eigenvalue weighted by Crippen LogP contribution is 2.23. The highest BCUT2D eigenvalue weighted by Gasteiger charge is 2.11. The van der Waals surface area contributed by atoms with Crippen LogP contribution in [0.15, 0.2) is 36.5 Å². The van der Waals surface area contributed by atoms with E-state index in [0.29, 0.717) is 6.54 Å². The van der Waals surface area contributed by atoms with Gasteiger partial charge < -0.3 is 10.8 Å². The highest BCUT2D eigenvalue weighted by atomic mass is 16.3. The lowest BCUT2D eigenvalue weighted by Crippen LogP contribution is -2.16. The molecular weight excluding hydrogens is 188 g/mol. The average molecular weight is 202 g/mol. The second-order valence-electron chi connectivity index (χ2n) is 3.53. The summed E-state index contributed by atoms with van der Waals surface area (Å²) in [5, 5.41) is 10.3. The van der Waals surface area contributed by atoms with Crippen LogP contribution >= 0.6 is 0 Å². The summed E-state index contributed by atoms with van der Waals surface area (Å²) < 4.78 is 0. The van der Waals surface area contributed by atoms with Gasteiger partial charge in [-0.2, -0.15) is 0 Å². The van der Waals surface area contributed by atoms with Gasteiger partial charge in [-0.15, -0.1) is 0 Å². The van der Waals surface area contributed by atoms with Crippen molar-refractivity contribution in [3.8, 4) is 0 Å². The van der Waals surface area contributed by atoms with E-state index in [0.717, 1.165) is 16.5 Å². The van der Waals surface area contributed by atoms with Gasteiger partial charge in [0.25, 0.3) is 0 Å². The minimum atomic E-state index is -0.00194. The summed E-state index contributed by atoms with van der Waals surface area (Å²) in [5.74, 6) is -0.00194. The fraction of sp³-hybridized carbons (Fsp3) is 0.250. The molecule has 0 radical (unpaired) electrons. The van der Waals surface area contributed by atoms with Crippen molar-refractivity contribution in [1.29, 1.82) is 0 Å². The number of aliphatic hydroxyl groups is 1. The molecule has 2 aromatic rings. The monoisotopic (exact) mass is 202 g/mol. The van der Waals surface area contributed by atoms with Gasteiger partial charge in [-0.3, -0.25) is 4.98 Å². The third-order valence-electron chi connectivity index (χ3n) is 2.63. The Morgan fingerprint density at radius 1 is 1.27 bits per heavy atom. The van der Waals surface area contributed by atoms with Gasteiger partial charge in [0.2, 0.25) is 0 Å². The Morgan fingerprint density at radius 3 is 2.80 bits per heavy atom. The largest absolute Gasteiger partial charge is 0.396 e. The van der Waals surface area contributed by atoms with E-state index in [4.69, 9.17) is 5.73 Å². The van der Waals surface area contributed by atoms with Gasteiger partial charge in [0.15, 0.2) is 0 Å². The van der Waals surface area contributed by atoms with E-state index in [-0.39, 0.29) is 12.5 Å². The quantitative estimate of drug-likeness (QED) is 0.788. The average Bonchev–Trinajstić information content (AvgIpc) is 2.31. The Morgan fingerprint density at radius 2 is 2.07 bits per heavy atom. The van der Waals surface area contributed by atoms with Gasteiger partial charge in [0, 0.05) is 24.0 Å². The van der Waals surface area contributed by atoms with Crippen LogP contribution in [0.5, 0.6) is 0 Å². The molecule has 1 aromatic heterocycles. The van der Waals surface area contributed by atoms with Crippen LogP contribution in [0.4, 0.5) is 0 Å². The van der Waals surface area contributed by atoms with Crippen molar-refractivity contribution in [3.05, 3.63) is 42.1 Å². The van der Waals surface area contributed by atoms with Crippen molar-refractivity contribution in [3.63, 3.8) is 0 Å². The first-order valence-electron chi connectivity index (χ1n) is 5.01. The molecule has 1 aromatic carbocycles. The summed E-state index contributed by atoms with van der Waals surface area (Å²) in [6, 6.07) is 9.82. The van der Waals surface area contributed by atoms with Crippen molar-refractivity contribution in [2.45, 2.75) is 5.92 Å². The predicted octanol–water partition coefficient (Wildman–Crippen LogP) is 1.27. The Kier molecular flexibility index (Phi) is 2.94. The molecule has 3 N–H and O–H groups in total. The van der Waals surface area contributed by atoms with Gasteiger partial charge in [-0.05, 0) is 17.7 Å². The van der Waals surface area contributed by atoms with Crippen molar-refractivity contribution in [2.75, 3.05) is 13.2 Å². The summed E-state index contributed by atoms with van der Waals surface area (Å²) in [5.41, 5.74) is 7.65. The predicted molar refractivity (Wildman–Crippen MR) is 60.6 cm³/mol. The molecule has 1 unspecified atom stereocenters. The molecule has 0 saturated carbocycles. The molecule has 0 aliphatic carbocycles. The first-order valence-corrected chi connectivity index (χ1v) is 5.01. The fourth-order valence-corrected chi connectivity index (χ4v) is 1.77. The van der Waals surface area contributed by atoms with Crippen molar-refractivity contribution >= 4 is 10.9 Å². The molecule has 78 valence electrons. The first-order chi connectivity index (χ1) is 7.36. The van der Waals surface area contributed by atoms with Crippen LogP contribution in [0.2, 0.25) is 0 Å². The van der Waals surface area contributed by atoms with E-state index >= 15 is 0 Å². The van der Waals surface area contributed by atoms with Crippen LogP contribution in [0.25, 0.3) is 10.9 Å². The molecule has 1 atom stereocenters.